The molecule has 6 rings (SSSR count). The van der Waals surface area contributed by atoms with Gasteiger partial charge in [0, 0.05) is 41.3 Å². The first-order chi connectivity index (χ1) is 18.5. The average molecular weight is 492 g/mol. The molecule has 0 radical (unpaired) electrons. The van der Waals surface area contributed by atoms with Gasteiger partial charge in [0.2, 0.25) is 5.69 Å². The number of anilines is 3. The lowest BCUT2D eigenvalue weighted by molar-refractivity contribution is 0.632. The average Bonchev–Trinajstić information content (AvgIpc) is 2.97. The van der Waals surface area contributed by atoms with Gasteiger partial charge in [-0.25, -0.2) is 24.8 Å². The van der Waals surface area contributed by atoms with E-state index in [-0.39, 0.29) is 5.41 Å². The van der Waals surface area contributed by atoms with Crippen molar-refractivity contribution in [1.29, 1.82) is 5.26 Å². The number of para-hydroxylation sites is 3. The summed E-state index contributed by atoms with van der Waals surface area (Å²) in [5, 5.41) is 9.28. The Morgan fingerprint density at radius 2 is 1.24 bits per heavy atom. The molecule has 7 nitrogen and oxygen atoms in total. The summed E-state index contributed by atoms with van der Waals surface area (Å²) in [6.07, 6.45) is 6.12. The van der Waals surface area contributed by atoms with E-state index in [1.807, 2.05) is 30.3 Å². The smallest absolute Gasteiger partial charge is 0.222 e. The molecule has 0 saturated carbocycles. The SMILES string of the molecule is [C-]#[N+]c1cnc(-c2cccc(-c3ncc(C#N)cn3)c2N2c3ccccc3C(C)(C)c3ccccc32)nc1. The van der Waals surface area contributed by atoms with Crippen LogP contribution in [0.4, 0.5) is 22.7 Å². The quantitative estimate of drug-likeness (QED) is 0.250. The lowest BCUT2D eigenvalue weighted by Crippen LogP contribution is -2.31. The molecule has 3 aromatic carbocycles. The molecule has 1 aliphatic rings. The molecule has 1 aliphatic heterocycles. The fourth-order valence-electron chi connectivity index (χ4n) is 5.10. The molecule has 7 heteroatoms. The molecule has 0 amide bonds. The van der Waals surface area contributed by atoms with Gasteiger partial charge >= 0.3 is 0 Å². The molecule has 0 fully saturated rings. The number of rotatable bonds is 3. The minimum absolute atomic E-state index is 0.225. The number of hydrogen-bond acceptors (Lipinski definition) is 6. The van der Waals surface area contributed by atoms with Crippen molar-refractivity contribution in [2.45, 2.75) is 19.3 Å². The van der Waals surface area contributed by atoms with E-state index in [0.29, 0.717) is 22.9 Å². The number of hydrogen-bond donors (Lipinski definition) is 0. The first kappa shape index (κ1) is 23.0. The van der Waals surface area contributed by atoms with E-state index in [1.165, 1.54) is 35.9 Å². The minimum Gasteiger partial charge on any atom is -0.308 e. The largest absolute Gasteiger partial charge is 0.308 e. The van der Waals surface area contributed by atoms with Gasteiger partial charge in [-0.2, -0.15) is 5.26 Å². The third-order valence-electron chi connectivity index (χ3n) is 6.93. The van der Waals surface area contributed by atoms with Crippen molar-refractivity contribution >= 4 is 22.7 Å². The zero-order valence-corrected chi connectivity index (χ0v) is 20.8. The molecule has 0 N–H and O–H groups in total. The van der Waals surface area contributed by atoms with Crippen molar-refractivity contribution in [3.05, 3.63) is 120 Å². The Morgan fingerprint density at radius 3 is 1.74 bits per heavy atom. The van der Waals surface area contributed by atoms with Crippen molar-refractivity contribution in [3.63, 3.8) is 0 Å². The van der Waals surface area contributed by atoms with Gasteiger partial charge in [0.25, 0.3) is 0 Å². The summed E-state index contributed by atoms with van der Waals surface area (Å²) in [6.45, 7) is 11.8. The molecule has 5 aromatic rings. The molecule has 0 saturated heterocycles. The monoisotopic (exact) mass is 491 g/mol. The minimum atomic E-state index is -0.225. The third-order valence-corrected chi connectivity index (χ3v) is 6.93. The van der Waals surface area contributed by atoms with Crippen LogP contribution in [-0.4, -0.2) is 19.9 Å². The highest BCUT2D eigenvalue weighted by atomic mass is 15.2. The van der Waals surface area contributed by atoms with E-state index in [0.717, 1.165) is 28.2 Å². The van der Waals surface area contributed by atoms with Crippen LogP contribution in [0, 0.1) is 17.9 Å². The maximum absolute atomic E-state index is 9.28. The number of nitrogens with zero attached hydrogens (tertiary/aromatic N) is 7. The van der Waals surface area contributed by atoms with Crippen molar-refractivity contribution in [2.75, 3.05) is 4.90 Å². The van der Waals surface area contributed by atoms with Crippen LogP contribution in [0.3, 0.4) is 0 Å². The molecular weight excluding hydrogens is 470 g/mol. The highest BCUT2D eigenvalue weighted by molar-refractivity contribution is 5.98. The summed E-state index contributed by atoms with van der Waals surface area (Å²) >= 11 is 0. The standard InChI is InChI=1S/C31H21N7/c1-31(2)24-11-4-6-13-26(24)38(27-14-7-5-12-25(27)31)28-22(29-34-16-20(15-32)17-35-29)9-8-10-23(28)30-36-18-21(33-3)19-37-30/h4-14,16-19H,1-2H3. The maximum atomic E-state index is 9.28. The van der Waals surface area contributed by atoms with Crippen LogP contribution in [-0.2, 0) is 5.41 Å². The highest BCUT2D eigenvalue weighted by Gasteiger charge is 2.38. The zero-order valence-electron chi connectivity index (χ0n) is 20.8. The molecule has 180 valence electrons. The van der Waals surface area contributed by atoms with E-state index in [9.17, 15) is 5.26 Å². The lowest BCUT2D eigenvalue weighted by atomic mass is 9.73. The maximum Gasteiger partial charge on any atom is 0.222 e. The zero-order chi connectivity index (χ0) is 26.3. The van der Waals surface area contributed by atoms with Crippen LogP contribution in [0.25, 0.3) is 27.6 Å². The molecule has 3 heterocycles. The normalized spacial score (nSPS) is 13.1. The van der Waals surface area contributed by atoms with Gasteiger partial charge in [0.1, 0.15) is 6.07 Å². The topological polar surface area (TPSA) is 82.9 Å². The van der Waals surface area contributed by atoms with E-state index >= 15 is 0 Å². The van der Waals surface area contributed by atoms with Gasteiger partial charge in [-0.1, -0.05) is 56.3 Å². The van der Waals surface area contributed by atoms with Crippen LogP contribution in [0.5, 0.6) is 0 Å². The van der Waals surface area contributed by atoms with Crippen LogP contribution >= 0.6 is 0 Å². The van der Waals surface area contributed by atoms with Crippen molar-refractivity contribution in [2.24, 2.45) is 0 Å². The second-order valence-electron chi connectivity index (χ2n) is 9.48. The number of nitriles is 1. The fraction of sp³-hybridized carbons (Fsp3) is 0.0968. The second kappa shape index (κ2) is 8.92. The Bertz CT molecular complexity index is 1630. The molecule has 38 heavy (non-hydrogen) atoms. The Kier molecular flexibility index (Phi) is 5.40. The van der Waals surface area contributed by atoms with Gasteiger partial charge in [-0.3, -0.25) is 0 Å². The Morgan fingerprint density at radius 1 is 0.737 bits per heavy atom. The Labute approximate surface area is 220 Å². The van der Waals surface area contributed by atoms with E-state index in [1.54, 1.807) is 0 Å². The molecule has 0 atom stereocenters. The predicted molar refractivity (Wildman–Crippen MR) is 146 cm³/mol. The number of benzene rings is 3. The molecule has 0 spiro atoms. The van der Waals surface area contributed by atoms with Crippen LogP contribution < -0.4 is 4.90 Å². The number of fused-ring (bicyclic) bond motifs is 2. The van der Waals surface area contributed by atoms with Gasteiger partial charge in [-0.15, -0.1) is 0 Å². The highest BCUT2D eigenvalue weighted by Crippen LogP contribution is 2.54. The van der Waals surface area contributed by atoms with Crippen molar-refractivity contribution in [3.8, 4) is 28.8 Å². The van der Waals surface area contributed by atoms with E-state index in [4.69, 9.17) is 6.57 Å². The van der Waals surface area contributed by atoms with Gasteiger partial charge in [-0.05, 0) is 35.4 Å². The third kappa shape index (κ3) is 3.57. The Balaban J connectivity index is 1.70. The van der Waals surface area contributed by atoms with Crippen molar-refractivity contribution in [1.82, 2.24) is 19.9 Å². The summed E-state index contributed by atoms with van der Waals surface area (Å²) in [6, 6.07) is 24.7. The summed E-state index contributed by atoms with van der Waals surface area (Å²) in [4.78, 5) is 23.8. The summed E-state index contributed by atoms with van der Waals surface area (Å²) in [5.74, 6) is 0.973. The first-order valence-electron chi connectivity index (χ1n) is 12.1. The van der Waals surface area contributed by atoms with Gasteiger partial charge in [0.15, 0.2) is 11.6 Å². The van der Waals surface area contributed by atoms with Gasteiger partial charge < -0.3 is 4.90 Å². The summed E-state index contributed by atoms with van der Waals surface area (Å²) < 4.78 is 0. The summed E-state index contributed by atoms with van der Waals surface area (Å²) in [5.41, 5.74) is 7.35. The van der Waals surface area contributed by atoms with E-state index < -0.39 is 0 Å². The molecule has 0 aliphatic carbocycles. The van der Waals surface area contributed by atoms with E-state index in [2.05, 4.69) is 86.0 Å². The fourth-order valence-corrected chi connectivity index (χ4v) is 5.10. The number of aromatic nitrogens is 4. The predicted octanol–water partition coefficient (Wildman–Crippen LogP) is 7.13. The molecular formula is C31H21N7. The summed E-state index contributed by atoms with van der Waals surface area (Å²) in [7, 11) is 0. The lowest BCUT2D eigenvalue weighted by Gasteiger charge is -2.42. The van der Waals surface area contributed by atoms with Crippen LogP contribution in [0.1, 0.15) is 30.5 Å². The molecule has 0 unspecified atom stereocenters. The van der Waals surface area contributed by atoms with Crippen molar-refractivity contribution < 1.29 is 0 Å². The first-order valence-corrected chi connectivity index (χ1v) is 12.1. The molecule has 0 bridgehead atoms. The Hall–Kier alpha value is -5.40. The van der Waals surface area contributed by atoms with Crippen LogP contribution in [0.15, 0.2) is 91.5 Å². The molecule has 2 aromatic heterocycles. The van der Waals surface area contributed by atoms with Gasteiger partial charge in [0.05, 0.1) is 29.2 Å². The van der Waals surface area contributed by atoms with Crippen LogP contribution in [0.2, 0.25) is 0 Å². The second-order valence-corrected chi connectivity index (χ2v) is 9.48.